The largest absolute Gasteiger partial charge is 0.497 e. The third-order valence-corrected chi connectivity index (χ3v) is 5.69. The third-order valence-electron chi connectivity index (χ3n) is 5.36. The second-order valence-corrected chi connectivity index (χ2v) is 7.78. The molecule has 0 fully saturated rings. The summed E-state index contributed by atoms with van der Waals surface area (Å²) >= 11 is 5.25. The number of aromatic hydroxyl groups is 1. The first-order valence-corrected chi connectivity index (χ1v) is 10.8. The van der Waals surface area contributed by atoms with Crippen LogP contribution in [0.3, 0.4) is 0 Å². The monoisotopic (exact) mass is 478 g/mol. The molecule has 0 unspecified atom stereocenters. The number of aromatic nitrogens is 3. The van der Waals surface area contributed by atoms with E-state index in [0.717, 1.165) is 5.56 Å². The fraction of sp³-hybridized carbons (Fsp3) is 0.167. The van der Waals surface area contributed by atoms with Crippen LogP contribution in [0.15, 0.2) is 58.3 Å². The SMILES string of the molecule is COC(=O)c1[nH]c2cc(OC)ccc2c1N=Cc1c(O)n(CCc2ccccc2)c(=S)[nH]c1=O. The number of carbonyl (C=O) groups is 1. The van der Waals surface area contributed by atoms with E-state index in [0.29, 0.717) is 29.6 Å². The van der Waals surface area contributed by atoms with Crippen LogP contribution < -0.4 is 10.3 Å². The predicted octanol–water partition coefficient (Wildman–Crippen LogP) is 3.88. The summed E-state index contributed by atoms with van der Waals surface area (Å²) in [7, 11) is 2.80. The van der Waals surface area contributed by atoms with Crippen molar-refractivity contribution >= 4 is 41.0 Å². The van der Waals surface area contributed by atoms with Crippen LogP contribution in [-0.4, -0.2) is 46.0 Å². The molecule has 0 spiro atoms. The van der Waals surface area contributed by atoms with Crippen molar-refractivity contribution in [2.45, 2.75) is 13.0 Å². The molecule has 0 atom stereocenters. The van der Waals surface area contributed by atoms with Crippen molar-refractivity contribution in [3.05, 3.63) is 80.5 Å². The van der Waals surface area contributed by atoms with E-state index in [-0.39, 0.29) is 27.6 Å². The zero-order valence-electron chi connectivity index (χ0n) is 18.5. The molecule has 0 saturated carbocycles. The van der Waals surface area contributed by atoms with Gasteiger partial charge < -0.3 is 19.6 Å². The summed E-state index contributed by atoms with van der Waals surface area (Å²) in [6.07, 6.45) is 1.81. The van der Waals surface area contributed by atoms with Crippen molar-refractivity contribution in [3.63, 3.8) is 0 Å². The molecule has 0 aliphatic heterocycles. The van der Waals surface area contributed by atoms with Crippen molar-refractivity contribution < 1.29 is 19.4 Å². The van der Waals surface area contributed by atoms with Crippen LogP contribution in [0.25, 0.3) is 10.9 Å². The molecule has 2 aromatic heterocycles. The fourth-order valence-corrected chi connectivity index (χ4v) is 3.86. The highest BCUT2D eigenvalue weighted by atomic mass is 32.1. The molecule has 0 aliphatic carbocycles. The van der Waals surface area contributed by atoms with Crippen LogP contribution >= 0.6 is 12.2 Å². The average molecular weight is 479 g/mol. The van der Waals surface area contributed by atoms with Gasteiger partial charge in [0.2, 0.25) is 5.88 Å². The van der Waals surface area contributed by atoms with Crippen LogP contribution in [-0.2, 0) is 17.7 Å². The van der Waals surface area contributed by atoms with Gasteiger partial charge in [0.25, 0.3) is 5.56 Å². The Bertz CT molecular complexity index is 1500. The number of fused-ring (bicyclic) bond motifs is 1. The number of rotatable bonds is 7. The maximum absolute atomic E-state index is 12.6. The Kier molecular flexibility index (Phi) is 6.60. The van der Waals surface area contributed by atoms with E-state index < -0.39 is 11.5 Å². The van der Waals surface area contributed by atoms with E-state index >= 15 is 0 Å². The number of ether oxygens (including phenoxy) is 2. The minimum atomic E-state index is -0.626. The molecular formula is C24H22N4O5S. The molecule has 0 aliphatic rings. The lowest BCUT2D eigenvalue weighted by Gasteiger charge is -2.11. The number of aliphatic imine (C=N–C) groups is 1. The second kappa shape index (κ2) is 9.75. The van der Waals surface area contributed by atoms with Gasteiger partial charge >= 0.3 is 5.97 Å². The molecule has 174 valence electrons. The van der Waals surface area contributed by atoms with Gasteiger partial charge in [0.05, 0.1) is 19.7 Å². The number of hydrogen-bond acceptors (Lipinski definition) is 7. The Hall–Kier alpha value is -4.18. The van der Waals surface area contributed by atoms with Crippen molar-refractivity contribution in [2.75, 3.05) is 14.2 Å². The van der Waals surface area contributed by atoms with Crippen LogP contribution in [0.1, 0.15) is 21.6 Å². The minimum Gasteiger partial charge on any atom is -0.497 e. The molecule has 0 saturated heterocycles. The standard InChI is InChI=1S/C24H22N4O5S/c1-32-15-8-9-16-18(12-15)26-20(23(31)33-2)19(16)25-13-17-21(29)27-24(34)28(22(17)30)11-10-14-6-4-3-5-7-14/h3-9,12-13,26,30H,10-11H2,1-2H3,(H,27,29,34). The fourth-order valence-electron chi connectivity index (χ4n) is 3.59. The predicted molar refractivity (Wildman–Crippen MR) is 131 cm³/mol. The molecule has 0 bridgehead atoms. The first-order valence-electron chi connectivity index (χ1n) is 10.3. The molecule has 34 heavy (non-hydrogen) atoms. The van der Waals surface area contributed by atoms with Gasteiger partial charge in [-0.2, -0.15) is 0 Å². The highest BCUT2D eigenvalue weighted by Crippen LogP contribution is 2.33. The van der Waals surface area contributed by atoms with Gasteiger partial charge in [0.1, 0.15) is 17.0 Å². The molecule has 10 heteroatoms. The Labute approximate surface area is 199 Å². The van der Waals surface area contributed by atoms with Gasteiger partial charge in [-0.1, -0.05) is 30.3 Å². The highest BCUT2D eigenvalue weighted by Gasteiger charge is 2.19. The first kappa shape index (κ1) is 23.0. The lowest BCUT2D eigenvalue weighted by molar-refractivity contribution is 0.0596. The molecule has 2 aromatic carbocycles. The summed E-state index contributed by atoms with van der Waals surface area (Å²) in [5, 5.41) is 11.4. The first-order chi connectivity index (χ1) is 16.4. The van der Waals surface area contributed by atoms with Gasteiger partial charge in [0, 0.05) is 24.2 Å². The highest BCUT2D eigenvalue weighted by molar-refractivity contribution is 7.71. The molecule has 3 N–H and O–H groups in total. The Morgan fingerprint density at radius 2 is 1.94 bits per heavy atom. The summed E-state index contributed by atoms with van der Waals surface area (Å²) in [6, 6.07) is 14.9. The van der Waals surface area contributed by atoms with Crippen LogP contribution in [0.5, 0.6) is 11.6 Å². The van der Waals surface area contributed by atoms with E-state index in [4.69, 9.17) is 21.7 Å². The van der Waals surface area contributed by atoms with Crippen molar-refractivity contribution in [3.8, 4) is 11.6 Å². The molecular weight excluding hydrogens is 456 g/mol. The average Bonchev–Trinajstić information content (AvgIpc) is 3.21. The Balaban J connectivity index is 1.76. The van der Waals surface area contributed by atoms with Crippen LogP contribution in [0.2, 0.25) is 0 Å². The number of carbonyl (C=O) groups excluding carboxylic acids is 1. The van der Waals surface area contributed by atoms with E-state index in [1.165, 1.54) is 25.0 Å². The quantitative estimate of drug-likeness (QED) is 0.211. The summed E-state index contributed by atoms with van der Waals surface area (Å²) in [5.41, 5.74) is 1.35. The van der Waals surface area contributed by atoms with Crippen LogP contribution in [0, 0.1) is 4.77 Å². The van der Waals surface area contributed by atoms with Crippen molar-refractivity contribution in [2.24, 2.45) is 4.99 Å². The number of methoxy groups -OCH3 is 2. The number of aryl methyl sites for hydroxylation is 1. The normalized spacial score (nSPS) is 11.2. The number of hydrogen-bond donors (Lipinski definition) is 3. The number of aromatic amines is 2. The van der Waals surface area contributed by atoms with Gasteiger partial charge in [-0.05, 0) is 36.3 Å². The Morgan fingerprint density at radius 1 is 1.18 bits per heavy atom. The molecule has 9 nitrogen and oxygen atoms in total. The molecule has 4 rings (SSSR count). The maximum atomic E-state index is 12.6. The van der Waals surface area contributed by atoms with E-state index in [1.54, 1.807) is 18.2 Å². The smallest absolute Gasteiger partial charge is 0.356 e. The molecule has 2 heterocycles. The van der Waals surface area contributed by atoms with Gasteiger partial charge in [-0.25, -0.2) is 4.79 Å². The summed E-state index contributed by atoms with van der Waals surface area (Å²) in [4.78, 5) is 34.8. The summed E-state index contributed by atoms with van der Waals surface area (Å²) in [6.45, 7) is 0.354. The topological polar surface area (TPSA) is 122 Å². The summed E-state index contributed by atoms with van der Waals surface area (Å²) in [5.74, 6) is -0.343. The van der Waals surface area contributed by atoms with Crippen molar-refractivity contribution in [1.29, 1.82) is 0 Å². The summed E-state index contributed by atoms with van der Waals surface area (Å²) < 4.78 is 11.6. The lowest BCUT2D eigenvalue weighted by Crippen LogP contribution is -2.19. The molecule has 0 amide bonds. The number of H-pyrrole nitrogens is 2. The maximum Gasteiger partial charge on any atom is 0.356 e. The number of nitrogens with zero attached hydrogens (tertiary/aromatic N) is 2. The van der Waals surface area contributed by atoms with Crippen molar-refractivity contribution in [1.82, 2.24) is 14.5 Å². The van der Waals surface area contributed by atoms with E-state index in [1.807, 2.05) is 30.3 Å². The molecule has 0 radical (unpaired) electrons. The number of benzene rings is 2. The number of esters is 1. The lowest BCUT2D eigenvalue weighted by atomic mass is 10.1. The van der Waals surface area contributed by atoms with Gasteiger partial charge in [-0.3, -0.25) is 19.3 Å². The second-order valence-electron chi connectivity index (χ2n) is 7.39. The zero-order chi connectivity index (χ0) is 24.2. The number of nitrogens with one attached hydrogen (secondary N) is 2. The Morgan fingerprint density at radius 3 is 2.65 bits per heavy atom. The third kappa shape index (κ3) is 4.48. The zero-order valence-corrected chi connectivity index (χ0v) is 19.3. The van der Waals surface area contributed by atoms with Gasteiger partial charge in [-0.15, -0.1) is 0 Å². The van der Waals surface area contributed by atoms with Gasteiger partial charge in [0.15, 0.2) is 10.5 Å². The molecule has 4 aromatic rings. The van der Waals surface area contributed by atoms with E-state index in [9.17, 15) is 14.7 Å². The van der Waals surface area contributed by atoms with Crippen LogP contribution in [0.4, 0.5) is 5.69 Å². The minimum absolute atomic E-state index is 0.0830. The van der Waals surface area contributed by atoms with E-state index in [2.05, 4.69) is 15.0 Å².